The molecule has 0 N–H and O–H groups in total. The van der Waals surface area contributed by atoms with Crippen LogP contribution in [0.25, 0.3) is 0 Å². The maximum atomic E-state index is 6.33. The molecule has 0 amide bonds. The summed E-state index contributed by atoms with van der Waals surface area (Å²) >= 11 is 6.33. The largest absolute Gasteiger partial charge is 0.454 e. The lowest BCUT2D eigenvalue weighted by atomic mass is 10.1. The van der Waals surface area contributed by atoms with Crippen LogP contribution in [0.5, 0.6) is 11.5 Å². The molecule has 21 heavy (non-hydrogen) atoms. The second kappa shape index (κ2) is 6.83. The fraction of sp³-hybridized carbons (Fsp3) is 0.600. The summed E-state index contributed by atoms with van der Waals surface area (Å²) in [6, 6.07) is 3.81. The maximum absolute atomic E-state index is 6.33. The highest BCUT2D eigenvalue weighted by Crippen LogP contribution is 2.37. The van der Waals surface area contributed by atoms with Crippen molar-refractivity contribution >= 4 is 11.6 Å². The minimum atomic E-state index is 0.228. The Morgan fingerprint density at radius 3 is 2.95 bits per heavy atom. The Morgan fingerprint density at radius 1 is 1.33 bits per heavy atom. The second-order valence-corrected chi connectivity index (χ2v) is 5.71. The number of hydrogen-bond acceptors (Lipinski definition) is 5. The highest BCUT2D eigenvalue weighted by Gasteiger charge is 2.22. The third-order valence-electron chi connectivity index (χ3n) is 3.80. The number of morpholine rings is 1. The zero-order valence-electron chi connectivity index (χ0n) is 12.1. The third-order valence-corrected chi connectivity index (χ3v) is 4.15. The quantitative estimate of drug-likeness (QED) is 0.834. The van der Waals surface area contributed by atoms with E-state index in [1.165, 1.54) is 0 Å². The molecule has 1 saturated heterocycles. The number of ether oxygens (including phenoxy) is 4. The molecule has 1 aromatic carbocycles. The molecule has 1 atom stereocenters. The van der Waals surface area contributed by atoms with Gasteiger partial charge in [-0.15, -0.1) is 0 Å². The Labute approximate surface area is 129 Å². The first-order valence-corrected chi connectivity index (χ1v) is 7.55. The molecule has 116 valence electrons. The van der Waals surface area contributed by atoms with Gasteiger partial charge in [-0.05, 0) is 18.1 Å². The summed E-state index contributed by atoms with van der Waals surface area (Å²) in [5.41, 5.74) is 1.06. The molecule has 0 spiro atoms. The summed E-state index contributed by atoms with van der Waals surface area (Å²) in [5.74, 6) is 1.50. The van der Waals surface area contributed by atoms with Gasteiger partial charge >= 0.3 is 0 Å². The van der Waals surface area contributed by atoms with Gasteiger partial charge in [0.15, 0.2) is 11.5 Å². The van der Waals surface area contributed by atoms with E-state index >= 15 is 0 Å². The summed E-state index contributed by atoms with van der Waals surface area (Å²) in [4.78, 5) is 2.35. The predicted molar refractivity (Wildman–Crippen MR) is 79.1 cm³/mol. The van der Waals surface area contributed by atoms with Crippen LogP contribution in [0.1, 0.15) is 12.0 Å². The zero-order valence-corrected chi connectivity index (χ0v) is 12.9. The average Bonchev–Trinajstić information content (AvgIpc) is 2.93. The van der Waals surface area contributed by atoms with Gasteiger partial charge < -0.3 is 18.9 Å². The Kier molecular flexibility index (Phi) is 4.85. The molecule has 2 heterocycles. The van der Waals surface area contributed by atoms with Gasteiger partial charge in [0.1, 0.15) is 0 Å². The van der Waals surface area contributed by atoms with E-state index in [9.17, 15) is 0 Å². The summed E-state index contributed by atoms with van der Waals surface area (Å²) in [6.07, 6.45) is 1.15. The van der Waals surface area contributed by atoms with Crippen molar-refractivity contribution < 1.29 is 18.9 Å². The minimum Gasteiger partial charge on any atom is -0.454 e. The van der Waals surface area contributed by atoms with Gasteiger partial charge in [-0.1, -0.05) is 11.6 Å². The third kappa shape index (κ3) is 3.61. The van der Waals surface area contributed by atoms with Crippen molar-refractivity contribution in [3.63, 3.8) is 0 Å². The van der Waals surface area contributed by atoms with Crippen molar-refractivity contribution in [2.45, 2.75) is 19.1 Å². The first kappa shape index (κ1) is 14.9. The average molecular weight is 314 g/mol. The molecule has 0 unspecified atom stereocenters. The van der Waals surface area contributed by atoms with Crippen molar-refractivity contribution in [1.29, 1.82) is 0 Å². The van der Waals surface area contributed by atoms with Gasteiger partial charge in [0.05, 0.1) is 12.7 Å². The fourth-order valence-electron chi connectivity index (χ4n) is 2.67. The molecule has 1 fully saturated rings. The SMILES string of the molecule is COCC[C@@H]1CN(Cc2cc3c(cc2Cl)OCO3)CCO1. The van der Waals surface area contributed by atoms with Crippen molar-refractivity contribution in [2.75, 3.05) is 40.2 Å². The van der Waals surface area contributed by atoms with E-state index < -0.39 is 0 Å². The lowest BCUT2D eigenvalue weighted by molar-refractivity contribution is -0.0432. The molecule has 3 rings (SSSR count). The Hall–Kier alpha value is -1.01. The number of hydrogen-bond donors (Lipinski definition) is 0. The smallest absolute Gasteiger partial charge is 0.231 e. The Balaban J connectivity index is 1.63. The van der Waals surface area contributed by atoms with E-state index in [0.717, 1.165) is 61.4 Å². The molecular formula is C15H20ClNO4. The molecular weight excluding hydrogens is 294 g/mol. The first-order chi connectivity index (χ1) is 10.3. The summed E-state index contributed by atoms with van der Waals surface area (Å²) < 4.78 is 21.6. The standard InChI is InChI=1S/C15H20ClNO4/c1-18-4-2-12-9-17(3-5-19-12)8-11-6-14-15(7-13(11)16)21-10-20-14/h6-7,12H,2-5,8-10H2,1H3/t12-/m1/s1. The molecule has 6 heteroatoms. The maximum Gasteiger partial charge on any atom is 0.231 e. The predicted octanol–water partition coefficient (Wildman–Crippen LogP) is 2.31. The van der Waals surface area contributed by atoms with Crippen LogP contribution >= 0.6 is 11.6 Å². The van der Waals surface area contributed by atoms with Crippen LogP contribution in [-0.4, -0.2) is 51.2 Å². The lowest BCUT2D eigenvalue weighted by Crippen LogP contribution is -2.42. The van der Waals surface area contributed by atoms with E-state index in [-0.39, 0.29) is 12.9 Å². The number of nitrogens with zero attached hydrogens (tertiary/aromatic N) is 1. The molecule has 1 aromatic rings. The van der Waals surface area contributed by atoms with Crippen LogP contribution in [0.15, 0.2) is 12.1 Å². The van der Waals surface area contributed by atoms with Crippen LogP contribution in [0.4, 0.5) is 0 Å². The molecule has 0 saturated carbocycles. The molecule has 0 aliphatic carbocycles. The Bertz CT molecular complexity index is 497. The molecule has 2 aliphatic rings. The van der Waals surface area contributed by atoms with Gasteiger partial charge in [0.2, 0.25) is 6.79 Å². The van der Waals surface area contributed by atoms with Crippen molar-refractivity contribution in [2.24, 2.45) is 0 Å². The molecule has 2 aliphatic heterocycles. The van der Waals surface area contributed by atoms with E-state index in [2.05, 4.69) is 4.90 Å². The van der Waals surface area contributed by atoms with Crippen molar-refractivity contribution in [1.82, 2.24) is 4.90 Å². The van der Waals surface area contributed by atoms with Gasteiger partial charge in [-0.3, -0.25) is 4.90 Å². The van der Waals surface area contributed by atoms with Crippen LogP contribution in [0.2, 0.25) is 5.02 Å². The first-order valence-electron chi connectivity index (χ1n) is 7.17. The van der Waals surface area contributed by atoms with Gasteiger partial charge in [-0.2, -0.15) is 0 Å². The summed E-state index contributed by atoms with van der Waals surface area (Å²) in [5, 5.41) is 0.721. The second-order valence-electron chi connectivity index (χ2n) is 5.31. The highest BCUT2D eigenvalue weighted by molar-refractivity contribution is 6.31. The number of benzene rings is 1. The number of halogens is 1. The van der Waals surface area contributed by atoms with Crippen LogP contribution < -0.4 is 9.47 Å². The van der Waals surface area contributed by atoms with Crippen LogP contribution in [0.3, 0.4) is 0 Å². The normalized spacial score (nSPS) is 21.7. The monoisotopic (exact) mass is 313 g/mol. The molecule has 0 bridgehead atoms. The van der Waals surface area contributed by atoms with E-state index in [4.69, 9.17) is 30.5 Å². The Morgan fingerprint density at radius 2 is 2.14 bits per heavy atom. The van der Waals surface area contributed by atoms with E-state index in [0.29, 0.717) is 0 Å². The zero-order chi connectivity index (χ0) is 14.7. The van der Waals surface area contributed by atoms with Gasteiger partial charge in [0, 0.05) is 44.4 Å². The minimum absolute atomic E-state index is 0.228. The fourth-order valence-corrected chi connectivity index (χ4v) is 2.88. The lowest BCUT2D eigenvalue weighted by Gasteiger charge is -2.33. The highest BCUT2D eigenvalue weighted by atomic mass is 35.5. The summed E-state index contributed by atoms with van der Waals surface area (Å²) in [6.45, 7) is 4.34. The van der Waals surface area contributed by atoms with Crippen molar-refractivity contribution in [3.05, 3.63) is 22.7 Å². The van der Waals surface area contributed by atoms with E-state index in [1.807, 2.05) is 12.1 Å². The molecule has 5 nitrogen and oxygen atoms in total. The number of fused-ring (bicyclic) bond motifs is 1. The van der Waals surface area contributed by atoms with Gasteiger partial charge in [-0.25, -0.2) is 0 Å². The molecule has 0 aromatic heterocycles. The number of rotatable bonds is 5. The van der Waals surface area contributed by atoms with Gasteiger partial charge in [0.25, 0.3) is 0 Å². The topological polar surface area (TPSA) is 40.2 Å². The van der Waals surface area contributed by atoms with Crippen LogP contribution in [-0.2, 0) is 16.0 Å². The number of methoxy groups -OCH3 is 1. The molecule has 0 radical (unpaired) electrons. The summed E-state index contributed by atoms with van der Waals surface area (Å²) in [7, 11) is 1.72. The van der Waals surface area contributed by atoms with Crippen molar-refractivity contribution in [3.8, 4) is 11.5 Å². The van der Waals surface area contributed by atoms with E-state index in [1.54, 1.807) is 7.11 Å². The van der Waals surface area contributed by atoms with Crippen LogP contribution in [0, 0.1) is 0 Å².